The third-order valence-corrected chi connectivity index (χ3v) is 6.68. The summed E-state index contributed by atoms with van der Waals surface area (Å²) in [4.78, 5) is 27.2. The lowest BCUT2D eigenvalue weighted by Gasteiger charge is -2.27. The zero-order valence-electron chi connectivity index (χ0n) is 19.8. The second-order valence-electron chi connectivity index (χ2n) is 8.92. The summed E-state index contributed by atoms with van der Waals surface area (Å²) in [5.41, 5.74) is 4.05. The summed E-state index contributed by atoms with van der Waals surface area (Å²) in [6, 6.07) is 22.3. The van der Waals surface area contributed by atoms with Gasteiger partial charge in [-0.05, 0) is 47.5 Å². The number of nitrogens with one attached hydrogen (secondary N) is 1. The summed E-state index contributed by atoms with van der Waals surface area (Å²) in [5.74, 6) is 2.00. The van der Waals surface area contributed by atoms with Crippen molar-refractivity contribution in [3.05, 3.63) is 94.5 Å². The van der Waals surface area contributed by atoms with Gasteiger partial charge in [0, 0.05) is 35.2 Å². The first kappa shape index (κ1) is 23.1. The average molecular weight is 515 g/mol. The molecular weight excluding hydrogens is 492 g/mol. The molecule has 0 saturated heterocycles. The number of carbonyl (C=O) groups excluding carboxylic acids is 2. The summed E-state index contributed by atoms with van der Waals surface area (Å²) in [6.45, 7) is 1.51. The fourth-order valence-electron chi connectivity index (χ4n) is 4.49. The maximum atomic E-state index is 12.8. The van der Waals surface area contributed by atoms with Crippen LogP contribution in [0.15, 0.2) is 72.8 Å². The van der Waals surface area contributed by atoms with E-state index in [-0.39, 0.29) is 18.6 Å². The van der Waals surface area contributed by atoms with Gasteiger partial charge in [-0.15, -0.1) is 0 Å². The van der Waals surface area contributed by atoms with Gasteiger partial charge in [-0.1, -0.05) is 41.9 Å². The maximum absolute atomic E-state index is 12.8. The number of carbonyl (C=O) groups is 2. The van der Waals surface area contributed by atoms with Crippen molar-refractivity contribution in [3.63, 3.8) is 0 Å². The molecule has 0 saturated carbocycles. The molecule has 2 aliphatic heterocycles. The highest BCUT2D eigenvalue weighted by Crippen LogP contribution is 2.33. The van der Waals surface area contributed by atoms with Gasteiger partial charge in [0.15, 0.2) is 11.5 Å². The average Bonchev–Trinajstić information content (AvgIpc) is 3.56. The van der Waals surface area contributed by atoms with Crippen LogP contribution in [0.2, 0.25) is 5.02 Å². The lowest BCUT2D eigenvalue weighted by Crippen LogP contribution is -2.36. The smallest absolute Gasteiger partial charge is 0.251 e. The monoisotopic (exact) mass is 514 g/mol. The topological polar surface area (TPSA) is 85.7 Å². The number of fused-ring (bicyclic) bond motifs is 2. The predicted molar refractivity (Wildman–Crippen MR) is 139 cm³/mol. The summed E-state index contributed by atoms with van der Waals surface area (Å²) >= 11 is 6.15. The molecule has 2 aliphatic rings. The van der Waals surface area contributed by atoms with Gasteiger partial charge in [0.25, 0.3) is 5.91 Å². The van der Waals surface area contributed by atoms with E-state index >= 15 is 0 Å². The predicted octanol–water partition coefficient (Wildman–Crippen LogP) is 4.80. The Labute approximate surface area is 218 Å². The second kappa shape index (κ2) is 9.63. The molecule has 3 aromatic carbocycles. The third kappa shape index (κ3) is 4.75. The Bertz CT molecular complexity index is 1500. The molecule has 8 nitrogen and oxygen atoms in total. The van der Waals surface area contributed by atoms with E-state index in [0.29, 0.717) is 48.1 Å². The number of aryl methyl sites for hydroxylation is 1. The van der Waals surface area contributed by atoms with Gasteiger partial charge >= 0.3 is 0 Å². The molecule has 0 spiro atoms. The fraction of sp³-hybridized carbons (Fsp3) is 0.179. The van der Waals surface area contributed by atoms with E-state index in [0.717, 1.165) is 28.2 Å². The van der Waals surface area contributed by atoms with Gasteiger partial charge in [0.05, 0.1) is 18.8 Å². The number of halogens is 1. The van der Waals surface area contributed by atoms with Crippen molar-refractivity contribution in [1.82, 2.24) is 15.1 Å². The van der Waals surface area contributed by atoms with Gasteiger partial charge < -0.3 is 14.8 Å². The first-order valence-corrected chi connectivity index (χ1v) is 12.3. The molecule has 1 N–H and O–H groups in total. The first-order chi connectivity index (χ1) is 18.0. The van der Waals surface area contributed by atoms with Crippen molar-refractivity contribution >= 4 is 29.2 Å². The van der Waals surface area contributed by atoms with Crippen LogP contribution < -0.4 is 19.7 Å². The molecule has 6 rings (SSSR count). The summed E-state index contributed by atoms with van der Waals surface area (Å²) in [6.07, 6.45) is 0.379. The molecule has 37 heavy (non-hydrogen) atoms. The van der Waals surface area contributed by atoms with E-state index in [9.17, 15) is 9.59 Å². The Balaban J connectivity index is 1.13. The van der Waals surface area contributed by atoms with Crippen LogP contribution in [0.3, 0.4) is 0 Å². The van der Waals surface area contributed by atoms with E-state index < -0.39 is 0 Å². The number of hydrogen-bond donors (Lipinski definition) is 1. The van der Waals surface area contributed by atoms with Gasteiger partial charge in [0.1, 0.15) is 5.82 Å². The van der Waals surface area contributed by atoms with Crippen molar-refractivity contribution in [2.24, 2.45) is 0 Å². The minimum Gasteiger partial charge on any atom is -0.454 e. The molecule has 0 fully saturated rings. The quantitative estimate of drug-likeness (QED) is 0.399. The van der Waals surface area contributed by atoms with E-state index in [1.54, 1.807) is 17.0 Å². The van der Waals surface area contributed by atoms with E-state index in [2.05, 4.69) is 10.4 Å². The highest BCUT2D eigenvalue weighted by atomic mass is 35.5. The number of amides is 2. The molecule has 2 amide bonds. The van der Waals surface area contributed by atoms with Crippen LogP contribution in [0.25, 0.3) is 11.3 Å². The molecule has 3 heterocycles. The van der Waals surface area contributed by atoms with Crippen LogP contribution >= 0.6 is 11.6 Å². The number of rotatable bonds is 6. The number of benzene rings is 3. The third-order valence-electron chi connectivity index (χ3n) is 6.44. The fourth-order valence-corrected chi connectivity index (χ4v) is 4.68. The summed E-state index contributed by atoms with van der Waals surface area (Å²) < 4.78 is 12.6. The van der Waals surface area contributed by atoms with E-state index in [4.69, 9.17) is 21.1 Å². The Kier molecular flexibility index (Phi) is 6.02. The second-order valence-corrected chi connectivity index (χ2v) is 9.35. The van der Waals surface area contributed by atoms with E-state index in [1.165, 1.54) is 0 Å². The Morgan fingerprint density at radius 2 is 1.78 bits per heavy atom. The highest BCUT2D eigenvalue weighted by Gasteiger charge is 2.26. The van der Waals surface area contributed by atoms with Crippen molar-refractivity contribution < 1.29 is 19.1 Å². The van der Waals surface area contributed by atoms with Crippen LogP contribution in [0.1, 0.15) is 27.9 Å². The Hall–Kier alpha value is -4.30. The van der Waals surface area contributed by atoms with Gasteiger partial charge in [0.2, 0.25) is 12.7 Å². The Morgan fingerprint density at radius 1 is 0.973 bits per heavy atom. The molecule has 1 aromatic heterocycles. The molecule has 0 bridgehead atoms. The van der Waals surface area contributed by atoms with Gasteiger partial charge in [-0.3, -0.25) is 14.5 Å². The lowest BCUT2D eigenvalue weighted by atomic mass is 10.1. The SMILES string of the molecule is O=C(NCc1ccc2c(c1)OCO2)c1ccc(CN2C(=O)CCn3nc(-c4cccc(Cl)c4)cc32)cc1. The minimum absolute atomic E-state index is 0.0376. The van der Waals surface area contributed by atoms with Crippen molar-refractivity contribution in [1.29, 1.82) is 0 Å². The molecule has 0 aliphatic carbocycles. The summed E-state index contributed by atoms with van der Waals surface area (Å²) in [5, 5.41) is 8.25. The molecule has 0 radical (unpaired) electrons. The maximum Gasteiger partial charge on any atom is 0.251 e. The molecule has 0 unspecified atom stereocenters. The molecule has 186 valence electrons. The normalized spacial score (nSPS) is 14.0. The van der Waals surface area contributed by atoms with Crippen LogP contribution in [0.5, 0.6) is 11.5 Å². The minimum atomic E-state index is -0.178. The van der Waals surface area contributed by atoms with Crippen LogP contribution in [-0.4, -0.2) is 28.4 Å². The van der Waals surface area contributed by atoms with E-state index in [1.807, 2.05) is 65.3 Å². The molecular formula is C28H23ClN4O4. The van der Waals surface area contributed by atoms with Crippen molar-refractivity contribution in [2.75, 3.05) is 11.7 Å². The van der Waals surface area contributed by atoms with Crippen LogP contribution in [0, 0.1) is 0 Å². The largest absolute Gasteiger partial charge is 0.454 e. The molecule has 0 atom stereocenters. The Morgan fingerprint density at radius 3 is 2.62 bits per heavy atom. The lowest BCUT2D eigenvalue weighted by molar-refractivity contribution is -0.119. The standard InChI is InChI=1S/C28H23ClN4O4/c29-22-3-1-2-21(13-22)23-14-26-32(27(34)10-11-33(26)31-23)16-18-4-7-20(8-5-18)28(35)30-15-19-6-9-24-25(12-19)37-17-36-24/h1-9,12-14H,10-11,15-17H2,(H,30,35). The summed E-state index contributed by atoms with van der Waals surface area (Å²) in [7, 11) is 0. The number of aromatic nitrogens is 2. The number of nitrogens with zero attached hydrogens (tertiary/aromatic N) is 3. The molecule has 9 heteroatoms. The number of ether oxygens (including phenoxy) is 2. The molecule has 4 aromatic rings. The van der Waals surface area contributed by atoms with Gasteiger partial charge in [-0.25, -0.2) is 4.68 Å². The van der Waals surface area contributed by atoms with Crippen LogP contribution in [-0.2, 0) is 24.4 Å². The first-order valence-electron chi connectivity index (χ1n) is 11.9. The number of anilines is 1. The number of hydrogen-bond acceptors (Lipinski definition) is 5. The van der Waals surface area contributed by atoms with Crippen molar-refractivity contribution in [2.45, 2.75) is 26.1 Å². The zero-order valence-corrected chi connectivity index (χ0v) is 20.6. The zero-order chi connectivity index (χ0) is 25.4. The van der Waals surface area contributed by atoms with Crippen LogP contribution in [0.4, 0.5) is 5.82 Å². The van der Waals surface area contributed by atoms with Crippen molar-refractivity contribution in [3.8, 4) is 22.8 Å². The van der Waals surface area contributed by atoms with Gasteiger partial charge in [-0.2, -0.15) is 5.10 Å². The highest BCUT2D eigenvalue weighted by molar-refractivity contribution is 6.30.